The van der Waals surface area contributed by atoms with E-state index in [1.54, 1.807) is 11.3 Å². The minimum atomic E-state index is 0. The zero-order valence-electron chi connectivity index (χ0n) is 13.5. The maximum atomic E-state index is 6.09. The molecule has 1 atom stereocenters. The van der Waals surface area contributed by atoms with Crippen molar-refractivity contribution in [2.24, 2.45) is 4.99 Å². The zero-order chi connectivity index (χ0) is 16.1. The summed E-state index contributed by atoms with van der Waals surface area (Å²) in [6.07, 6.45) is 1.09. The van der Waals surface area contributed by atoms with Crippen LogP contribution in [0.4, 0.5) is 5.69 Å². The summed E-state index contributed by atoms with van der Waals surface area (Å²) in [5.41, 5.74) is 2.47. The lowest BCUT2D eigenvalue weighted by molar-refractivity contribution is 0.649. The van der Waals surface area contributed by atoms with Crippen molar-refractivity contribution in [2.45, 2.75) is 19.0 Å². The van der Waals surface area contributed by atoms with Gasteiger partial charge in [-0.3, -0.25) is 4.99 Å². The largest absolute Gasteiger partial charge is 0.369 e. The van der Waals surface area contributed by atoms with Crippen molar-refractivity contribution in [3.8, 4) is 0 Å². The lowest BCUT2D eigenvalue weighted by Crippen LogP contribution is -2.44. The average Bonchev–Trinajstić information content (AvgIpc) is 3.23. The summed E-state index contributed by atoms with van der Waals surface area (Å²) >= 11 is 7.80. The number of benzene rings is 1. The van der Waals surface area contributed by atoms with Crippen LogP contribution in [0.1, 0.15) is 12.0 Å². The molecule has 0 radical (unpaired) electrons. The van der Waals surface area contributed by atoms with E-state index in [1.165, 1.54) is 11.3 Å². The summed E-state index contributed by atoms with van der Waals surface area (Å²) in [7, 11) is 1.81. The van der Waals surface area contributed by atoms with Crippen LogP contribution in [0.5, 0.6) is 0 Å². The molecule has 1 aliphatic rings. The molecule has 4 nitrogen and oxygen atoms in total. The molecule has 130 valence electrons. The summed E-state index contributed by atoms with van der Waals surface area (Å²) in [6.45, 7) is 2.78. The number of anilines is 1. The molecule has 2 heterocycles. The molecule has 1 aromatic heterocycles. The summed E-state index contributed by atoms with van der Waals surface area (Å²) < 4.78 is 0. The highest BCUT2D eigenvalue weighted by atomic mass is 127. The van der Waals surface area contributed by atoms with Crippen LogP contribution in [0.3, 0.4) is 0 Å². The van der Waals surface area contributed by atoms with Gasteiger partial charge in [-0.1, -0.05) is 17.7 Å². The molecule has 0 spiro atoms. The Morgan fingerprint density at radius 2 is 2.29 bits per heavy atom. The van der Waals surface area contributed by atoms with Crippen molar-refractivity contribution in [1.29, 1.82) is 0 Å². The normalized spacial score (nSPS) is 17.5. The third-order valence-corrected chi connectivity index (χ3v) is 4.93. The molecule has 0 aliphatic carbocycles. The van der Waals surface area contributed by atoms with Crippen molar-refractivity contribution in [2.75, 3.05) is 25.0 Å². The third kappa shape index (κ3) is 5.26. The van der Waals surface area contributed by atoms with Crippen molar-refractivity contribution in [3.63, 3.8) is 0 Å². The highest BCUT2D eigenvalue weighted by Crippen LogP contribution is 2.23. The second-order valence-corrected chi connectivity index (χ2v) is 6.83. The van der Waals surface area contributed by atoms with Crippen LogP contribution in [0.2, 0.25) is 5.02 Å². The Morgan fingerprint density at radius 1 is 1.42 bits per heavy atom. The van der Waals surface area contributed by atoms with Crippen LogP contribution in [0.15, 0.2) is 46.1 Å². The Morgan fingerprint density at radius 3 is 3.00 bits per heavy atom. The van der Waals surface area contributed by atoms with Crippen LogP contribution >= 0.6 is 46.9 Å². The van der Waals surface area contributed by atoms with Gasteiger partial charge in [0.1, 0.15) is 0 Å². The van der Waals surface area contributed by atoms with Gasteiger partial charge >= 0.3 is 0 Å². The Kier molecular flexibility index (Phi) is 7.64. The molecule has 3 rings (SSSR count). The van der Waals surface area contributed by atoms with Gasteiger partial charge < -0.3 is 15.5 Å². The van der Waals surface area contributed by atoms with Crippen LogP contribution in [0.25, 0.3) is 0 Å². The lowest BCUT2D eigenvalue weighted by atomic mass is 10.2. The Balaban J connectivity index is 0.00000208. The van der Waals surface area contributed by atoms with Gasteiger partial charge in [-0.15, -0.1) is 24.0 Å². The van der Waals surface area contributed by atoms with E-state index in [1.807, 2.05) is 25.2 Å². The molecule has 1 saturated heterocycles. The summed E-state index contributed by atoms with van der Waals surface area (Å²) in [4.78, 5) is 6.68. The molecule has 0 amide bonds. The molecule has 0 bridgehead atoms. The number of nitrogens with zero attached hydrogens (tertiary/aromatic N) is 2. The number of thiophene rings is 1. The smallest absolute Gasteiger partial charge is 0.191 e. The summed E-state index contributed by atoms with van der Waals surface area (Å²) in [5, 5.41) is 11.9. The van der Waals surface area contributed by atoms with E-state index in [9.17, 15) is 0 Å². The first-order valence-electron chi connectivity index (χ1n) is 7.73. The van der Waals surface area contributed by atoms with Gasteiger partial charge in [0.15, 0.2) is 5.96 Å². The van der Waals surface area contributed by atoms with Crippen LogP contribution in [0, 0.1) is 0 Å². The molecule has 2 N–H and O–H groups in total. The molecule has 0 saturated carbocycles. The van der Waals surface area contributed by atoms with E-state index in [0.29, 0.717) is 6.04 Å². The standard InChI is InChI=1S/C17H21ClN4S.HI/c1-19-17(20-10-13-6-8-23-12-13)21-15-5-7-22(11-15)16-4-2-3-14(18)9-16;/h2-4,6,8-9,12,15H,5,7,10-11H2,1H3,(H2,19,20,21);1H. The van der Waals surface area contributed by atoms with Gasteiger partial charge in [0.2, 0.25) is 0 Å². The maximum absolute atomic E-state index is 6.09. The van der Waals surface area contributed by atoms with Gasteiger partial charge in [0.25, 0.3) is 0 Å². The first-order chi connectivity index (χ1) is 11.2. The average molecular weight is 477 g/mol. The van der Waals surface area contributed by atoms with Crippen molar-refractivity contribution in [3.05, 3.63) is 51.7 Å². The molecule has 1 unspecified atom stereocenters. The monoisotopic (exact) mass is 476 g/mol. The van der Waals surface area contributed by atoms with Gasteiger partial charge in [-0.2, -0.15) is 11.3 Å². The molecular formula is C17H22ClIN4S. The fraction of sp³-hybridized carbons (Fsp3) is 0.353. The minimum Gasteiger partial charge on any atom is -0.369 e. The van der Waals surface area contributed by atoms with Gasteiger partial charge in [0, 0.05) is 43.4 Å². The fourth-order valence-corrected chi connectivity index (χ4v) is 3.61. The van der Waals surface area contributed by atoms with E-state index in [0.717, 1.165) is 37.0 Å². The first kappa shape index (κ1) is 19.3. The number of halogens is 2. The third-order valence-electron chi connectivity index (χ3n) is 3.97. The quantitative estimate of drug-likeness (QED) is 0.399. The second-order valence-electron chi connectivity index (χ2n) is 5.61. The van der Waals surface area contributed by atoms with Gasteiger partial charge in [0.05, 0.1) is 0 Å². The van der Waals surface area contributed by atoms with E-state index >= 15 is 0 Å². The number of hydrogen-bond acceptors (Lipinski definition) is 3. The predicted octanol–water partition coefficient (Wildman–Crippen LogP) is 3.96. The van der Waals surface area contributed by atoms with Crippen LogP contribution in [-0.2, 0) is 6.54 Å². The first-order valence-corrected chi connectivity index (χ1v) is 9.05. The van der Waals surface area contributed by atoms with Crippen molar-refractivity contribution >= 4 is 58.6 Å². The summed E-state index contributed by atoms with van der Waals surface area (Å²) in [6, 6.07) is 10.6. The van der Waals surface area contributed by atoms with Gasteiger partial charge in [-0.25, -0.2) is 0 Å². The second kappa shape index (κ2) is 9.48. The molecule has 1 aromatic carbocycles. The lowest BCUT2D eigenvalue weighted by Gasteiger charge is -2.20. The van der Waals surface area contributed by atoms with Crippen LogP contribution < -0.4 is 15.5 Å². The maximum Gasteiger partial charge on any atom is 0.191 e. The number of guanidine groups is 1. The number of aliphatic imine (C=N–C) groups is 1. The Labute approximate surface area is 169 Å². The van der Waals surface area contributed by atoms with E-state index < -0.39 is 0 Å². The highest BCUT2D eigenvalue weighted by molar-refractivity contribution is 14.0. The Hall–Kier alpha value is -0.990. The topological polar surface area (TPSA) is 39.7 Å². The van der Waals surface area contributed by atoms with Crippen molar-refractivity contribution in [1.82, 2.24) is 10.6 Å². The molecule has 1 fully saturated rings. The van der Waals surface area contributed by atoms with E-state index in [-0.39, 0.29) is 24.0 Å². The molecule has 1 aliphatic heterocycles. The van der Waals surface area contributed by atoms with E-state index in [2.05, 4.69) is 43.4 Å². The molecular weight excluding hydrogens is 455 g/mol. The number of hydrogen-bond donors (Lipinski definition) is 2. The zero-order valence-corrected chi connectivity index (χ0v) is 17.4. The SMILES string of the molecule is CN=C(NCc1ccsc1)NC1CCN(c2cccc(Cl)c2)C1.I. The number of rotatable bonds is 4. The summed E-state index contributed by atoms with van der Waals surface area (Å²) in [5.74, 6) is 0.856. The number of nitrogens with one attached hydrogen (secondary N) is 2. The predicted molar refractivity (Wildman–Crippen MR) is 115 cm³/mol. The Bertz CT molecular complexity index is 662. The molecule has 7 heteroatoms. The van der Waals surface area contributed by atoms with E-state index in [4.69, 9.17) is 11.6 Å². The van der Waals surface area contributed by atoms with Crippen LogP contribution in [-0.4, -0.2) is 32.1 Å². The highest BCUT2D eigenvalue weighted by Gasteiger charge is 2.23. The fourth-order valence-electron chi connectivity index (χ4n) is 2.75. The molecule has 24 heavy (non-hydrogen) atoms. The molecule has 2 aromatic rings. The minimum absolute atomic E-state index is 0. The van der Waals surface area contributed by atoms with Crippen molar-refractivity contribution < 1.29 is 0 Å². The van der Waals surface area contributed by atoms with Gasteiger partial charge in [-0.05, 0) is 47.0 Å².